The van der Waals surface area contributed by atoms with Gasteiger partial charge in [0.05, 0.1) is 11.9 Å². The second kappa shape index (κ2) is 3.59. The van der Waals surface area contributed by atoms with Gasteiger partial charge in [0.1, 0.15) is 10.7 Å². The van der Waals surface area contributed by atoms with Crippen LogP contribution in [0.25, 0.3) is 0 Å². The van der Waals surface area contributed by atoms with Crippen LogP contribution in [-0.4, -0.2) is 24.1 Å². The number of sulfone groups is 1. The first-order valence-electron chi connectivity index (χ1n) is 3.69. The molecule has 4 nitrogen and oxygen atoms in total. The number of aromatic nitrogens is 2. The third-order valence-electron chi connectivity index (χ3n) is 1.55. The van der Waals surface area contributed by atoms with Crippen molar-refractivity contribution in [3.63, 3.8) is 0 Å². The van der Waals surface area contributed by atoms with Gasteiger partial charge in [-0.15, -0.1) is 0 Å². The Balaban J connectivity index is 3.33. The zero-order valence-corrected chi connectivity index (χ0v) is 8.85. The molecule has 0 spiro atoms. The van der Waals surface area contributed by atoms with E-state index in [1.807, 2.05) is 0 Å². The Labute approximate surface area is 81.9 Å². The van der Waals surface area contributed by atoms with Crippen LogP contribution < -0.4 is 0 Å². The summed E-state index contributed by atoms with van der Waals surface area (Å²) < 4.78 is 22.7. The van der Waals surface area contributed by atoms with Crippen molar-refractivity contribution in [2.75, 3.05) is 5.75 Å². The van der Waals surface area contributed by atoms with Crippen LogP contribution in [0.1, 0.15) is 12.7 Å². The number of halogens is 1. The van der Waals surface area contributed by atoms with Gasteiger partial charge in [0.2, 0.25) is 0 Å². The molecule has 0 aliphatic carbocycles. The Morgan fingerprint density at radius 1 is 1.54 bits per heavy atom. The molecular formula is C7H9ClN2O2S. The van der Waals surface area contributed by atoms with Crippen molar-refractivity contribution in [1.29, 1.82) is 0 Å². The number of aryl methyl sites for hydroxylation is 1. The predicted molar refractivity (Wildman–Crippen MR) is 49.5 cm³/mol. The zero-order chi connectivity index (χ0) is 10.1. The minimum absolute atomic E-state index is 0.000852. The van der Waals surface area contributed by atoms with Gasteiger partial charge >= 0.3 is 0 Å². The van der Waals surface area contributed by atoms with E-state index in [0.29, 0.717) is 5.82 Å². The van der Waals surface area contributed by atoms with E-state index in [2.05, 4.69) is 9.97 Å². The largest absolute Gasteiger partial charge is 0.240 e. The van der Waals surface area contributed by atoms with Crippen LogP contribution in [0.4, 0.5) is 0 Å². The molecule has 0 atom stereocenters. The van der Waals surface area contributed by atoms with Crippen LogP contribution in [0.3, 0.4) is 0 Å². The van der Waals surface area contributed by atoms with Gasteiger partial charge in [-0.1, -0.05) is 18.5 Å². The van der Waals surface area contributed by atoms with E-state index >= 15 is 0 Å². The molecule has 1 rings (SSSR count). The molecule has 0 aromatic carbocycles. The molecule has 1 aromatic heterocycles. The Morgan fingerprint density at radius 2 is 2.15 bits per heavy atom. The van der Waals surface area contributed by atoms with Gasteiger partial charge < -0.3 is 0 Å². The fourth-order valence-electron chi connectivity index (χ4n) is 0.795. The van der Waals surface area contributed by atoms with Gasteiger partial charge in [0, 0.05) is 0 Å². The van der Waals surface area contributed by atoms with Crippen molar-refractivity contribution < 1.29 is 8.42 Å². The minimum atomic E-state index is -3.30. The van der Waals surface area contributed by atoms with E-state index in [-0.39, 0.29) is 15.8 Å². The van der Waals surface area contributed by atoms with Crippen LogP contribution in [0.5, 0.6) is 0 Å². The maximum absolute atomic E-state index is 11.4. The fourth-order valence-corrected chi connectivity index (χ4v) is 2.15. The molecule has 0 aliphatic heterocycles. The predicted octanol–water partition coefficient (Wildman–Crippen LogP) is 1.23. The molecule has 6 heteroatoms. The molecule has 13 heavy (non-hydrogen) atoms. The highest BCUT2D eigenvalue weighted by atomic mass is 35.5. The fraction of sp³-hybridized carbons (Fsp3) is 0.429. The first-order chi connectivity index (χ1) is 5.97. The summed E-state index contributed by atoms with van der Waals surface area (Å²) >= 11 is 5.66. The molecule has 1 heterocycles. The lowest BCUT2D eigenvalue weighted by molar-refractivity contribution is 0.596. The molecule has 0 fully saturated rings. The lowest BCUT2D eigenvalue weighted by Gasteiger charge is -2.02. The van der Waals surface area contributed by atoms with Crippen LogP contribution >= 0.6 is 11.6 Å². The lowest BCUT2D eigenvalue weighted by atomic mass is 10.6. The summed E-state index contributed by atoms with van der Waals surface area (Å²) in [5.41, 5.74) is 0. The molecule has 0 unspecified atom stereocenters. The average molecular weight is 221 g/mol. The maximum Gasteiger partial charge on any atom is 0.182 e. The van der Waals surface area contributed by atoms with Gasteiger partial charge in [-0.2, -0.15) is 0 Å². The van der Waals surface area contributed by atoms with E-state index in [0.717, 1.165) is 0 Å². The van der Waals surface area contributed by atoms with Crippen molar-refractivity contribution in [3.8, 4) is 0 Å². The summed E-state index contributed by atoms with van der Waals surface area (Å²) in [7, 11) is -3.30. The van der Waals surface area contributed by atoms with Gasteiger partial charge in [-0.25, -0.2) is 18.4 Å². The van der Waals surface area contributed by atoms with E-state index in [9.17, 15) is 8.42 Å². The highest BCUT2D eigenvalue weighted by molar-refractivity contribution is 7.91. The van der Waals surface area contributed by atoms with Crippen molar-refractivity contribution in [2.45, 2.75) is 18.7 Å². The quantitative estimate of drug-likeness (QED) is 0.704. The summed E-state index contributed by atoms with van der Waals surface area (Å²) in [4.78, 5) is 7.54. The SMILES string of the molecule is CCS(=O)(=O)c1cnc(C)nc1Cl. The molecule has 0 saturated heterocycles. The van der Waals surface area contributed by atoms with Crippen LogP contribution in [0, 0.1) is 6.92 Å². The first-order valence-corrected chi connectivity index (χ1v) is 5.72. The lowest BCUT2D eigenvalue weighted by Crippen LogP contribution is -2.06. The number of hydrogen-bond acceptors (Lipinski definition) is 4. The summed E-state index contributed by atoms with van der Waals surface area (Å²) in [5.74, 6) is 0.458. The van der Waals surface area contributed by atoms with E-state index in [4.69, 9.17) is 11.6 Å². The summed E-state index contributed by atoms with van der Waals surface area (Å²) in [6, 6.07) is 0. The topological polar surface area (TPSA) is 59.9 Å². The molecule has 0 aliphatic rings. The van der Waals surface area contributed by atoms with Crippen molar-refractivity contribution in [2.24, 2.45) is 0 Å². The molecular weight excluding hydrogens is 212 g/mol. The van der Waals surface area contributed by atoms with E-state index < -0.39 is 9.84 Å². The van der Waals surface area contributed by atoms with Crippen molar-refractivity contribution in [1.82, 2.24) is 9.97 Å². The average Bonchev–Trinajstić information content (AvgIpc) is 2.03. The molecule has 0 bridgehead atoms. The third kappa shape index (κ3) is 2.16. The first kappa shape index (κ1) is 10.4. The molecule has 0 amide bonds. The second-order valence-electron chi connectivity index (χ2n) is 2.48. The highest BCUT2D eigenvalue weighted by Gasteiger charge is 2.17. The minimum Gasteiger partial charge on any atom is -0.240 e. The molecule has 0 radical (unpaired) electrons. The van der Waals surface area contributed by atoms with E-state index in [1.54, 1.807) is 13.8 Å². The summed E-state index contributed by atoms with van der Waals surface area (Å²) in [5, 5.41) is -0.00523. The van der Waals surface area contributed by atoms with Gasteiger partial charge in [-0.3, -0.25) is 0 Å². The van der Waals surface area contributed by atoms with E-state index in [1.165, 1.54) is 6.20 Å². The molecule has 0 N–H and O–H groups in total. The number of nitrogens with zero attached hydrogens (tertiary/aromatic N) is 2. The van der Waals surface area contributed by atoms with Gasteiger partial charge in [0.15, 0.2) is 15.0 Å². The standard InChI is InChI=1S/C7H9ClN2O2S/c1-3-13(11,12)6-4-9-5(2)10-7(6)8/h4H,3H2,1-2H3. The smallest absolute Gasteiger partial charge is 0.182 e. The maximum atomic E-state index is 11.4. The highest BCUT2D eigenvalue weighted by Crippen LogP contribution is 2.18. The zero-order valence-electron chi connectivity index (χ0n) is 7.28. The Bertz CT molecular complexity index is 417. The normalized spacial score (nSPS) is 11.6. The van der Waals surface area contributed by atoms with Crippen molar-refractivity contribution in [3.05, 3.63) is 17.2 Å². The Hall–Kier alpha value is -0.680. The Morgan fingerprint density at radius 3 is 2.62 bits per heavy atom. The number of rotatable bonds is 2. The number of hydrogen-bond donors (Lipinski definition) is 0. The molecule has 72 valence electrons. The monoisotopic (exact) mass is 220 g/mol. The van der Waals surface area contributed by atoms with Crippen molar-refractivity contribution >= 4 is 21.4 Å². The summed E-state index contributed by atoms with van der Waals surface area (Å²) in [6.07, 6.45) is 1.24. The molecule has 0 saturated carbocycles. The second-order valence-corrected chi connectivity index (χ2v) is 5.08. The van der Waals surface area contributed by atoms with Gasteiger partial charge in [0.25, 0.3) is 0 Å². The van der Waals surface area contributed by atoms with Crippen LogP contribution in [0.2, 0.25) is 5.15 Å². The van der Waals surface area contributed by atoms with Crippen LogP contribution in [0.15, 0.2) is 11.1 Å². The van der Waals surface area contributed by atoms with Crippen LogP contribution in [-0.2, 0) is 9.84 Å². The van der Waals surface area contributed by atoms with Gasteiger partial charge in [-0.05, 0) is 6.92 Å². The third-order valence-corrected chi connectivity index (χ3v) is 3.68. The molecule has 1 aromatic rings. The Kier molecular flexibility index (Phi) is 2.87. The summed E-state index contributed by atoms with van der Waals surface area (Å²) in [6.45, 7) is 3.19.